The van der Waals surface area contributed by atoms with Crippen LogP contribution in [0.4, 0.5) is 5.69 Å². The van der Waals surface area contributed by atoms with E-state index in [-0.39, 0.29) is 5.69 Å². The maximum absolute atomic E-state index is 10.7. The molecule has 0 fully saturated rings. The van der Waals surface area contributed by atoms with Crippen LogP contribution >= 0.6 is 0 Å². The van der Waals surface area contributed by atoms with Gasteiger partial charge in [-0.1, -0.05) is 23.4 Å². The lowest BCUT2D eigenvalue weighted by Crippen LogP contribution is -2.32. The van der Waals surface area contributed by atoms with Crippen LogP contribution < -0.4 is 4.68 Å². The average molecular weight is 268 g/mol. The van der Waals surface area contributed by atoms with Crippen molar-refractivity contribution in [3.05, 3.63) is 65.0 Å². The monoisotopic (exact) mass is 268 g/mol. The molecule has 1 N–H and O–H groups in total. The number of tetrazole rings is 1. The standard InChI is InChI=1S/C13H9N5O2/c19-18(20)11-7-5-10(6-8-11)12-3-1-2-4-13(12)17-9-14-15-16-17/h1-9H/p+1. The number of aromatic amines is 1. The molecule has 0 aliphatic carbocycles. The van der Waals surface area contributed by atoms with Crippen LogP contribution in [0.1, 0.15) is 0 Å². The van der Waals surface area contributed by atoms with E-state index in [0.29, 0.717) is 0 Å². The largest absolute Gasteiger partial charge is 0.293 e. The third-order valence-corrected chi connectivity index (χ3v) is 2.93. The zero-order chi connectivity index (χ0) is 13.9. The number of nitrogens with zero attached hydrogens (tertiary/aromatic N) is 4. The zero-order valence-electron chi connectivity index (χ0n) is 10.3. The van der Waals surface area contributed by atoms with Crippen molar-refractivity contribution in [2.24, 2.45) is 0 Å². The van der Waals surface area contributed by atoms with Gasteiger partial charge in [0, 0.05) is 17.7 Å². The van der Waals surface area contributed by atoms with E-state index in [4.69, 9.17) is 0 Å². The van der Waals surface area contributed by atoms with Crippen LogP contribution in [0.15, 0.2) is 54.9 Å². The lowest BCUT2D eigenvalue weighted by Gasteiger charge is -2.05. The third kappa shape index (κ3) is 2.12. The number of benzene rings is 2. The van der Waals surface area contributed by atoms with Gasteiger partial charge in [0.1, 0.15) is 10.8 Å². The Morgan fingerprint density at radius 1 is 1.10 bits per heavy atom. The summed E-state index contributed by atoms with van der Waals surface area (Å²) in [7, 11) is 0. The van der Waals surface area contributed by atoms with Gasteiger partial charge in [0.25, 0.3) is 12.0 Å². The zero-order valence-corrected chi connectivity index (χ0v) is 10.3. The molecule has 0 aliphatic rings. The Morgan fingerprint density at radius 2 is 1.85 bits per heavy atom. The first kappa shape index (κ1) is 12.0. The highest BCUT2D eigenvalue weighted by atomic mass is 16.6. The fraction of sp³-hybridized carbons (Fsp3) is 0. The number of nitro groups is 1. The van der Waals surface area contributed by atoms with Crippen molar-refractivity contribution < 1.29 is 9.61 Å². The normalized spacial score (nSPS) is 10.4. The molecule has 0 atom stereocenters. The minimum absolute atomic E-state index is 0.0714. The van der Waals surface area contributed by atoms with Crippen molar-refractivity contribution in [2.75, 3.05) is 0 Å². The molecule has 0 radical (unpaired) electrons. The summed E-state index contributed by atoms with van der Waals surface area (Å²) < 4.78 is 1.68. The number of hydrogen-bond acceptors (Lipinski definition) is 4. The van der Waals surface area contributed by atoms with Crippen molar-refractivity contribution in [3.63, 3.8) is 0 Å². The molecular weight excluding hydrogens is 258 g/mol. The number of rotatable bonds is 3. The highest BCUT2D eigenvalue weighted by Crippen LogP contribution is 2.25. The number of H-pyrrole nitrogens is 1. The highest BCUT2D eigenvalue weighted by molar-refractivity contribution is 5.71. The minimum Gasteiger partial charge on any atom is -0.258 e. The third-order valence-electron chi connectivity index (χ3n) is 2.93. The van der Waals surface area contributed by atoms with Crippen LogP contribution in [0.25, 0.3) is 16.8 Å². The van der Waals surface area contributed by atoms with Gasteiger partial charge in [-0.25, -0.2) is 0 Å². The number of aromatic nitrogens is 4. The average Bonchev–Trinajstić information content (AvgIpc) is 3.01. The first-order chi connectivity index (χ1) is 9.75. The second-order valence-electron chi connectivity index (χ2n) is 4.12. The van der Waals surface area contributed by atoms with Gasteiger partial charge in [-0.05, 0) is 23.8 Å². The SMILES string of the molecule is O=[N+]([O-])c1ccc(-c2ccccc2-[n+]2cnn[nH]2)cc1. The Bertz CT molecular complexity index is 738. The molecule has 7 nitrogen and oxygen atoms in total. The molecule has 0 unspecified atom stereocenters. The van der Waals surface area contributed by atoms with Gasteiger partial charge in [0.15, 0.2) is 5.21 Å². The Labute approximate surface area is 113 Å². The van der Waals surface area contributed by atoms with Crippen LogP contribution in [0.5, 0.6) is 0 Å². The van der Waals surface area contributed by atoms with Crippen LogP contribution in [0.2, 0.25) is 0 Å². The summed E-state index contributed by atoms with van der Waals surface area (Å²) in [6.07, 6.45) is 1.56. The summed E-state index contributed by atoms with van der Waals surface area (Å²) in [5, 5.41) is 20.8. The number of non-ortho nitro benzene ring substituents is 1. The highest BCUT2D eigenvalue weighted by Gasteiger charge is 2.12. The van der Waals surface area contributed by atoms with Crippen molar-refractivity contribution in [3.8, 4) is 16.8 Å². The van der Waals surface area contributed by atoms with Gasteiger partial charge in [0.05, 0.1) is 4.92 Å². The maximum atomic E-state index is 10.7. The van der Waals surface area contributed by atoms with Crippen molar-refractivity contribution in [1.29, 1.82) is 0 Å². The lowest BCUT2D eigenvalue weighted by atomic mass is 10.0. The molecule has 3 aromatic rings. The van der Waals surface area contributed by atoms with Gasteiger partial charge in [-0.2, -0.15) is 0 Å². The molecule has 0 saturated carbocycles. The van der Waals surface area contributed by atoms with E-state index in [1.165, 1.54) is 12.1 Å². The molecule has 0 spiro atoms. The van der Waals surface area contributed by atoms with E-state index in [1.54, 1.807) is 23.1 Å². The molecule has 1 aromatic heterocycles. The summed E-state index contributed by atoms with van der Waals surface area (Å²) >= 11 is 0. The predicted octanol–water partition coefficient (Wildman–Crippen LogP) is 1.66. The van der Waals surface area contributed by atoms with Crippen LogP contribution in [-0.2, 0) is 0 Å². The van der Waals surface area contributed by atoms with Crippen molar-refractivity contribution in [2.45, 2.75) is 0 Å². The van der Waals surface area contributed by atoms with Gasteiger partial charge < -0.3 is 0 Å². The second-order valence-corrected chi connectivity index (χ2v) is 4.12. The van der Waals surface area contributed by atoms with Crippen molar-refractivity contribution >= 4 is 5.69 Å². The molecule has 0 bridgehead atoms. The molecule has 7 heteroatoms. The van der Waals surface area contributed by atoms with E-state index in [9.17, 15) is 10.1 Å². The van der Waals surface area contributed by atoms with Gasteiger partial charge in [-0.15, -0.1) is 4.68 Å². The van der Waals surface area contributed by atoms with E-state index in [1.807, 2.05) is 24.3 Å². The topological polar surface area (TPSA) is 88.6 Å². The molecule has 20 heavy (non-hydrogen) atoms. The fourth-order valence-corrected chi connectivity index (χ4v) is 1.98. The molecule has 1 heterocycles. The summed E-state index contributed by atoms with van der Waals surface area (Å²) in [5.74, 6) is 0. The minimum atomic E-state index is -0.413. The quantitative estimate of drug-likeness (QED) is 0.444. The molecule has 3 rings (SSSR count). The molecule has 98 valence electrons. The summed E-state index contributed by atoms with van der Waals surface area (Å²) in [5.41, 5.74) is 2.75. The Balaban J connectivity index is 2.08. The van der Waals surface area contributed by atoms with Crippen LogP contribution in [-0.4, -0.2) is 20.4 Å². The number of nitro benzene ring substituents is 1. The first-order valence-electron chi connectivity index (χ1n) is 5.87. The van der Waals surface area contributed by atoms with E-state index >= 15 is 0 Å². The summed E-state index contributed by atoms with van der Waals surface area (Å²) in [6, 6.07) is 14.1. The van der Waals surface area contributed by atoms with Crippen LogP contribution in [0, 0.1) is 10.1 Å². The second kappa shape index (κ2) is 4.88. The lowest BCUT2D eigenvalue weighted by molar-refractivity contribution is -0.659. The fourth-order valence-electron chi connectivity index (χ4n) is 1.98. The molecule has 0 amide bonds. The molecular formula is C13H10N5O2+. The van der Waals surface area contributed by atoms with Gasteiger partial charge in [0.2, 0.25) is 0 Å². The molecule has 0 aliphatic heterocycles. The van der Waals surface area contributed by atoms with E-state index in [2.05, 4.69) is 15.5 Å². The Kier molecular flexibility index (Phi) is 2.92. The number of hydrogen-bond donors (Lipinski definition) is 1. The smallest absolute Gasteiger partial charge is 0.258 e. The Morgan fingerprint density at radius 3 is 2.50 bits per heavy atom. The number of nitrogens with one attached hydrogen (secondary N) is 1. The summed E-state index contributed by atoms with van der Waals surface area (Å²) in [6.45, 7) is 0. The molecule has 0 saturated heterocycles. The van der Waals surface area contributed by atoms with Gasteiger partial charge >= 0.3 is 0 Å². The van der Waals surface area contributed by atoms with E-state index in [0.717, 1.165) is 16.8 Å². The first-order valence-corrected chi connectivity index (χ1v) is 5.87. The van der Waals surface area contributed by atoms with Crippen LogP contribution in [0.3, 0.4) is 0 Å². The Hall–Kier alpha value is -3.09. The van der Waals surface area contributed by atoms with Gasteiger partial charge in [-0.3, -0.25) is 10.1 Å². The molecule has 2 aromatic carbocycles. The summed E-state index contributed by atoms with van der Waals surface area (Å²) in [4.78, 5) is 10.3. The van der Waals surface area contributed by atoms with Crippen molar-refractivity contribution in [1.82, 2.24) is 15.5 Å². The van der Waals surface area contributed by atoms with E-state index < -0.39 is 4.92 Å². The number of para-hydroxylation sites is 1. The maximum Gasteiger partial charge on any atom is 0.293 e. The predicted molar refractivity (Wildman–Crippen MR) is 70.0 cm³/mol.